The summed E-state index contributed by atoms with van der Waals surface area (Å²) < 4.78 is 17.2. The molecule has 8 nitrogen and oxygen atoms in total. The van der Waals surface area contributed by atoms with Gasteiger partial charge in [0.15, 0.2) is 0 Å². The predicted octanol–water partition coefficient (Wildman–Crippen LogP) is 1.59. The van der Waals surface area contributed by atoms with E-state index in [2.05, 4.69) is 9.84 Å². The summed E-state index contributed by atoms with van der Waals surface area (Å²) in [6.45, 7) is 6.49. The Bertz CT molecular complexity index is 590. The van der Waals surface area contributed by atoms with Gasteiger partial charge in [-0.05, 0) is 20.8 Å². The lowest BCUT2D eigenvalue weighted by Crippen LogP contribution is -2.36. The van der Waals surface area contributed by atoms with E-state index in [4.69, 9.17) is 9.47 Å². The molecule has 1 amide bonds. The molecule has 0 aliphatic carbocycles. The molecule has 1 aromatic rings. The van der Waals surface area contributed by atoms with Crippen molar-refractivity contribution < 1.29 is 23.8 Å². The number of likely N-dealkylation sites (tertiary alicyclic amines) is 1. The van der Waals surface area contributed by atoms with Crippen LogP contribution in [0.3, 0.4) is 0 Å². The summed E-state index contributed by atoms with van der Waals surface area (Å²) in [5.41, 5.74) is -0.212. The molecule has 8 heteroatoms. The van der Waals surface area contributed by atoms with Gasteiger partial charge in [0.25, 0.3) is 0 Å². The second-order valence-corrected chi connectivity index (χ2v) is 6.44. The van der Waals surface area contributed by atoms with Gasteiger partial charge in [-0.3, -0.25) is 4.68 Å². The topological polar surface area (TPSA) is 82.9 Å². The maximum Gasteiger partial charge on any atom is 0.410 e. The van der Waals surface area contributed by atoms with Crippen LogP contribution in [0.15, 0.2) is 6.07 Å². The smallest absolute Gasteiger partial charge is 0.410 e. The molecule has 1 aliphatic heterocycles. The standard InChI is InChI=1S/C15H23N3O5/c1-15(2,3)23-14(20)18-7-6-10(9-18)22-12-8-11(13(19)21-5)17(4)16-12/h8,10H,6-7,9H2,1-5H3/t10-/m0/s1. The summed E-state index contributed by atoms with van der Waals surface area (Å²) in [7, 11) is 2.95. The van der Waals surface area contributed by atoms with E-state index in [1.807, 2.05) is 20.8 Å². The molecule has 2 heterocycles. The number of aromatic nitrogens is 2. The minimum absolute atomic E-state index is 0.178. The zero-order valence-electron chi connectivity index (χ0n) is 14.2. The van der Waals surface area contributed by atoms with E-state index in [1.165, 1.54) is 17.9 Å². The van der Waals surface area contributed by atoms with E-state index >= 15 is 0 Å². The highest BCUT2D eigenvalue weighted by atomic mass is 16.6. The number of carbonyl (C=O) groups excluding carboxylic acids is 2. The van der Waals surface area contributed by atoms with Crippen molar-refractivity contribution in [3.8, 4) is 5.88 Å². The summed E-state index contributed by atoms with van der Waals surface area (Å²) in [6, 6.07) is 1.53. The van der Waals surface area contributed by atoms with E-state index in [9.17, 15) is 9.59 Å². The first kappa shape index (κ1) is 17.1. The summed E-state index contributed by atoms with van der Waals surface area (Å²) in [5.74, 6) is -0.138. The fraction of sp³-hybridized carbons (Fsp3) is 0.667. The molecule has 128 valence electrons. The van der Waals surface area contributed by atoms with E-state index in [0.29, 0.717) is 31.1 Å². The normalized spacial score (nSPS) is 18.0. The Kier molecular flexibility index (Phi) is 4.82. The van der Waals surface area contributed by atoms with Gasteiger partial charge in [-0.15, -0.1) is 5.10 Å². The van der Waals surface area contributed by atoms with E-state index in [-0.39, 0.29) is 12.2 Å². The molecule has 1 aromatic heterocycles. The number of methoxy groups -OCH3 is 1. The summed E-state index contributed by atoms with van der Waals surface area (Å²) >= 11 is 0. The van der Waals surface area contributed by atoms with Crippen LogP contribution in [-0.2, 0) is 16.5 Å². The highest BCUT2D eigenvalue weighted by Gasteiger charge is 2.31. The monoisotopic (exact) mass is 325 g/mol. The molecule has 0 bridgehead atoms. The van der Waals surface area contributed by atoms with Crippen LogP contribution < -0.4 is 4.74 Å². The largest absolute Gasteiger partial charge is 0.471 e. The number of nitrogens with zero attached hydrogens (tertiary/aromatic N) is 3. The van der Waals surface area contributed by atoms with Gasteiger partial charge < -0.3 is 19.1 Å². The van der Waals surface area contributed by atoms with Crippen molar-refractivity contribution in [3.63, 3.8) is 0 Å². The zero-order chi connectivity index (χ0) is 17.2. The molecule has 23 heavy (non-hydrogen) atoms. The van der Waals surface area contributed by atoms with Crippen LogP contribution in [0, 0.1) is 0 Å². The molecule has 1 aliphatic rings. The van der Waals surface area contributed by atoms with Gasteiger partial charge in [-0.2, -0.15) is 0 Å². The van der Waals surface area contributed by atoms with Gasteiger partial charge in [0.2, 0.25) is 5.88 Å². The number of aryl methyl sites for hydroxylation is 1. The van der Waals surface area contributed by atoms with Gasteiger partial charge in [0, 0.05) is 26.1 Å². The lowest BCUT2D eigenvalue weighted by atomic mass is 10.2. The Morgan fingerprint density at radius 3 is 2.65 bits per heavy atom. The van der Waals surface area contributed by atoms with E-state index < -0.39 is 11.6 Å². The van der Waals surface area contributed by atoms with Gasteiger partial charge in [-0.25, -0.2) is 9.59 Å². The molecule has 0 N–H and O–H groups in total. The van der Waals surface area contributed by atoms with Crippen LogP contribution in [0.25, 0.3) is 0 Å². The predicted molar refractivity (Wildman–Crippen MR) is 81.4 cm³/mol. The molecule has 1 fully saturated rings. The summed E-state index contributed by atoms with van der Waals surface area (Å²) in [6.07, 6.45) is 0.159. The minimum atomic E-state index is -0.521. The van der Waals surface area contributed by atoms with Crippen molar-refractivity contribution in [1.82, 2.24) is 14.7 Å². The van der Waals surface area contributed by atoms with Crippen molar-refractivity contribution in [2.45, 2.75) is 38.9 Å². The molecule has 0 aromatic carbocycles. The average Bonchev–Trinajstić information content (AvgIpc) is 3.03. The number of rotatable bonds is 3. The zero-order valence-corrected chi connectivity index (χ0v) is 14.2. The first-order valence-electron chi connectivity index (χ1n) is 7.46. The van der Waals surface area contributed by atoms with Crippen LogP contribution in [0.4, 0.5) is 4.79 Å². The second-order valence-electron chi connectivity index (χ2n) is 6.44. The first-order chi connectivity index (χ1) is 10.7. The number of hydrogen-bond acceptors (Lipinski definition) is 6. The number of amides is 1. The van der Waals surface area contributed by atoms with Crippen LogP contribution in [-0.4, -0.2) is 58.6 Å². The lowest BCUT2D eigenvalue weighted by molar-refractivity contribution is 0.0274. The van der Waals surface area contributed by atoms with E-state index in [0.717, 1.165) is 0 Å². The third-order valence-corrected chi connectivity index (χ3v) is 3.34. The second kappa shape index (κ2) is 6.47. The van der Waals surface area contributed by atoms with Gasteiger partial charge in [0.05, 0.1) is 13.7 Å². The first-order valence-corrected chi connectivity index (χ1v) is 7.46. The van der Waals surface area contributed by atoms with Crippen LogP contribution >= 0.6 is 0 Å². The molecular weight excluding hydrogens is 302 g/mol. The van der Waals surface area contributed by atoms with Gasteiger partial charge in [-0.1, -0.05) is 0 Å². The van der Waals surface area contributed by atoms with Crippen molar-refractivity contribution in [3.05, 3.63) is 11.8 Å². The maximum atomic E-state index is 12.0. The molecular formula is C15H23N3O5. The Hall–Kier alpha value is -2.25. The number of hydrogen-bond donors (Lipinski definition) is 0. The Balaban J connectivity index is 1.93. The molecule has 1 saturated heterocycles. The Morgan fingerprint density at radius 1 is 1.35 bits per heavy atom. The average molecular weight is 325 g/mol. The third kappa shape index (κ3) is 4.37. The Labute approximate surface area is 135 Å². The molecule has 0 unspecified atom stereocenters. The fourth-order valence-electron chi connectivity index (χ4n) is 2.28. The van der Waals surface area contributed by atoms with Gasteiger partial charge in [0.1, 0.15) is 17.4 Å². The van der Waals surface area contributed by atoms with Crippen molar-refractivity contribution in [2.24, 2.45) is 7.05 Å². The number of ether oxygens (including phenoxy) is 3. The highest BCUT2D eigenvalue weighted by molar-refractivity contribution is 5.87. The maximum absolute atomic E-state index is 12.0. The van der Waals surface area contributed by atoms with E-state index in [1.54, 1.807) is 11.9 Å². The summed E-state index contributed by atoms with van der Waals surface area (Å²) in [5, 5.41) is 4.13. The molecule has 0 spiro atoms. The van der Waals surface area contributed by atoms with Crippen LogP contribution in [0.5, 0.6) is 5.88 Å². The summed E-state index contributed by atoms with van der Waals surface area (Å²) in [4.78, 5) is 25.2. The van der Waals surface area contributed by atoms with Gasteiger partial charge >= 0.3 is 12.1 Å². The SMILES string of the molecule is COC(=O)c1cc(O[C@H]2CCN(C(=O)OC(C)(C)C)C2)nn1C. The quantitative estimate of drug-likeness (QED) is 0.785. The highest BCUT2D eigenvalue weighted by Crippen LogP contribution is 2.20. The van der Waals surface area contributed by atoms with Crippen molar-refractivity contribution >= 4 is 12.1 Å². The van der Waals surface area contributed by atoms with Crippen LogP contribution in [0.2, 0.25) is 0 Å². The molecule has 1 atom stereocenters. The van der Waals surface area contributed by atoms with Crippen molar-refractivity contribution in [2.75, 3.05) is 20.2 Å². The number of esters is 1. The van der Waals surface area contributed by atoms with Crippen molar-refractivity contribution in [1.29, 1.82) is 0 Å². The fourth-order valence-corrected chi connectivity index (χ4v) is 2.28. The Morgan fingerprint density at radius 2 is 2.04 bits per heavy atom. The number of carbonyl (C=O) groups is 2. The lowest BCUT2D eigenvalue weighted by Gasteiger charge is -2.24. The minimum Gasteiger partial charge on any atom is -0.471 e. The molecule has 2 rings (SSSR count). The van der Waals surface area contributed by atoms with Crippen LogP contribution in [0.1, 0.15) is 37.7 Å². The third-order valence-electron chi connectivity index (χ3n) is 3.34. The molecule has 0 saturated carbocycles. The molecule has 0 radical (unpaired) electrons.